The maximum atomic E-state index is 12.6. The summed E-state index contributed by atoms with van der Waals surface area (Å²) >= 11 is 6.09. The lowest BCUT2D eigenvalue weighted by Crippen LogP contribution is -2.50. The molecular formula is C22H28ClN3O. The molecule has 1 aliphatic heterocycles. The number of piperazine rings is 1. The standard InChI is InChI=1S/C22H28ClN3O/c1-3-4-6-18-9-10-21(17(2)15-18)24-22(27)26-13-11-25(12-14-26)20-8-5-7-19(23)16-20/h5,7-10,15-16H,3-4,6,11-14H2,1-2H3,(H,24,27). The van der Waals surface area contributed by atoms with Crippen LogP contribution in [0.15, 0.2) is 42.5 Å². The fraction of sp³-hybridized carbons (Fsp3) is 0.409. The highest BCUT2D eigenvalue weighted by Gasteiger charge is 2.21. The van der Waals surface area contributed by atoms with Gasteiger partial charge in [0, 0.05) is 42.6 Å². The molecule has 0 aliphatic carbocycles. The van der Waals surface area contributed by atoms with Gasteiger partial charge in [-0.3, -0.25) is 0 Å². The molecule has 0 spiro atoms. The van der Waals surface area contributed by atoms with E-state index in [1.165, 1.54) is 18.4 Å². The second-order valence-electron chi connectivity index (χ2n) is 7.14. The molecule has 2 aromatic rings. The van der Waals surface area contributed by atoms with Crippen molar-refractivity contribution in [3.05, 3.63) is 58.6 Å². The number of nitrogens with zero attached hydrogens (tertiary/aromatic N) is 2. The Morgan fingerprint density at radius 2 is 1.89 bits per heavy atom. The predicted octanol–water partition coefficient (Wildman–Crippen LogP) is 5.35. The van der Waals surface area contributed by atoms with Crippen LogP contribution < -0.4 is 10.2 Å². The van der Waals surface area contributed by atoms with E-state index in [4.69, 9.17) is 11.6 Å². The van der Waals surface area contributed by atoms with Gasteiger partial charge in [-0.05, 0) is 55.2 Å². The average molecular weight is 386 g/mol. The number of carbonyl (C=O) groups excluding carboxylic acids is 1. The van der Waals surface area contributed by atoms with Crippen molar-refractivity contribution >= 4 is 29.0 Å². The zero-order valence-electron chi connectivity index (χ0n) is 16.2. The molecular weight excluding hydrogens is 358 g/mol. The molecule has 0 radical (unpaired) electrons. The lowest BCUT2D eigenvalue weighted by molar-refractivity contribution is 0.208. The van der Waals surface area contributed by atoms with E-state index in [1.807, 2.05) is 29.2 Å². The van der Waals surface area contributed by atoms with Crippen LogP contribution in [0.4, 0.5) is 16.2 Å². The van der Waals surface area contributed by atoms with Gasteiger partial charge in [0.15, 0.2) is 0 Å². The van der Waals surface area contributed by atoms with Gasteiger partial charge in [-0.15, -0.1) is 0 Å². The fourth-order valence-corrected chi connectivity index (χ4v) is 3.62. The molecule has 1 aliphatic rings. The van der Waals surface area contributed by atoms with E-state index < -0.39 is 0 Å². The van der Waals surface area contributed by atoms with Crippen molar-refractivity contribution in [1.82, 2.24) is 4.90 Å². The zero-order chi connectivity index (χ0) is 19.2. The Balaban J connectivity index is 1.55. The van der Waals surface area contributed by atoms with Gasteiger partial charge in [-0.1, -0.05) is 43.1 Å². The number of hydrogen-bond donors (Lipinski definition) is 1. The summed E-state index contributed by atoms with van der Waals surface area (Å²) in [4.78, 5) is 16.8. The Labute approximate surface area is 167 Å². The highest BCUT2D eigenvalue weighted by atomic mass is 35.5. The molecule has 1 fully saturated rings. The summed E-state index contributed by atoms with van der Waals surface area (Å²) in [7, 11) is 0. The largest absolute Gasteiger partial charge is 0.368 e. The summed E-state index contributed by atoms with van der Waals surface area (Å²) in [6.07, 6.45) is 3.48. The summed E-state index contributed by atoms with van der Waals surface area (Å²) in [6, 6.07) is 14.2. The van der Waals surface area contributed by atoms with Crippen molar-refractivity contribution < 1.29 is 4.79 Å². The Bertz CT molecular complexity index is 785. The number of rotatable bonds is 5. The van der Waals surface area contributed by atoms with E-state index >= 15 is 0 Å². The lowest BCUT2D eigenvalue weighted by atomic mass is 10.0. The third-order valence-corrected chi connectivity index (χ3v) is 5.33. The SMILES string of the molecule is CCCCc1ccc(NC(=O)N2CCN(c3cccc(Cl)c3)CC2)c(C)c1. The van der Waals surface area contributed by atoms with Crippen LogP contribution in [0.2, 0.25) is 5.02 Å². The normalized spacial score (nSPS) is 14.3. The average Bonchev–Trinajstić information content (AvgIpc) is 2.68. The van der Waals surface area contributed by atoms with Gasteiger partial charge in [-0.2, -0.15) is 0 Å². The second-order valence-corrected chi connectivity index (χ2v) is 7.57. The van der Waals surface area contributed by atoms with E-state index in [2.05, 4.69) is 42.3 Å². The quantitative estimate of drug-likeness (QED) is 0.753. The van der Waals surface area contributed by atoms with Gasteiger partial charge in [-0.25, -0.2) is 4.79 Å². The van der Waals surface area contributed by atoms with Crippen molar-refractivity contribution in [3.63, 3.8) is 0 Å². The predicted molar refractivity (Wildman–Crippen MR) is 114 cm³/mol. The summed E-state index contributed by atoms with van der Waals surface area (Å²) < 4.78 is 0. The number of unbranched alkanes of at least 4 members (excludes halogenated alkanes) is 1. The smallest absolute Gasteiger partial charge is 0.321 e. The summed E-state index contributed by atoms with van der Waals surface area (Å²) in [6.45, 7) is 7.28. The topological polar surface area (TPSA) is 35.6 Å². The van der Waals surface area contributed by atoms with Crippen LogP contribution in [-0.2, 0) is 6.42 Å². The minimum atomic E-state index is -0.0230. The number of urea groups is 1. The van der Waals surface area contributed by atoms with Crippen molar-refractivity contribution in [2.75, 3.05) is 36.4 Å². The number of nitrogens with one attached hydrogen (secondary N) is 1. The molecule has 2 amide bonds. The molecule has 5 heteroatoms. The fourth-order valence-electron chi connectivity index (χ4n) is 3.44. The van der Waals surface area contributed by atoms with Crippen molar-refractivity contribution in [1.29, 1.82) is 0 Å². The van der Waals surface area contributed by atoms with Gasteiger partial charge in [0.1, 0.15) is 0 Å². The minimum Gasteiger partial charge on any atom is -0.368 e. The number of aryl methyl sites for hydroxylation is 2. The Morgan fingerprint density at radius 3 is 2.56 bits per heavy atom. The molecule has 1 heterocycles. The first kappa shape index (κ1) is 19.6. The van der Waals surface area contributed by atoms with Gasteiger partial charge >= 0.3 is 6.03 Å². The Kier molecular flexibility index (Phi) is 6.62. The third-order valence-electron chi connectivity index (χ3n) is 5.09. The van der Waals surface area contributed by atoms with Crippen LogP contribution in [0.25, 0.3) is 0 Å². The first-order valence-corrected chi connectivity index (χ1v) is 10.1. The maximum absolute atomic E-state index is 12.6. The maximum Gasteiger partial charge on any atom is 0.321 e. The molecule has 0 atom stereocenters. The zero-order valence-corrected chi connectivity index (χ0v) is 16.9. The molecule has 0 aromatic heterocycles. The van der Waals surface area contributed by atoms with E-state index in [-0.39, 0.29) is 6.03 Å². The number of halogens is 1. The van der Waals surface area contributed by atoms with Crippen LogP contribution in [0.3, 0.4) is 0 Å². The number of anilines is 2. The van der Waals surface area contributed by atoms with E-state index in [9.17, 15) is 4.79 Å². The third kappa shape index (κ3) is 5.16. The molecule has 1 saturated heterocycles. The van der Waals surface area contributed by atoms with Crippen LogP contribution in [-0.4, -0.2) is 37.1 Å². The Morgan fingerprint density at radius 1 is 1.11 bits per heavy atom. The second kappa shape index (κ2) is 9.14. The number of amides is 2. The van der Waals surface area contributed by atoms with Gasteiger partial charge in [0.25, 0.3) is 0 Å². The van der Waals surface area contributed by atoms with E-state index in [1.54, 1.807) is 0 Å². The number of carbonyl (C=O) groups is 1. The number of benzene rings is 2. The van der Waals surface area contributed by atoms with Crippen LogP contribution in [0, 0.1) is 6.92 Å². The molecule has 27 heavy (non-hydrogen) atoms. The first-order chi connectivity index (χ1) is 13.1. The molecule has 0 bridgehead atoms. The van der Waals surface area contributed by atoms with Gasteiger partial charge in [0.05, 0.1) is 0 Å². The molecule has 0 saturated carbocycles. The van der Waals surface area contributed by atoms with E-state index in [0.29, 0.717) is 13.1 Å². The van der Waals surface area contributed by atoms with Crippen molar-refractivity contribution in [3.8, 4) is 0 Å². The van der Waals surface area contributed by atoms with Gasteiger partial charge in [0.2, 0.25) is 0 Å². The molecule has 2 aromatic carbocycles. The molecule has 0 unspecified atom stereocenters. The molecule has 3 rings (SSSR count). The van der Waals surface area contributed by atoms with Crippen LogP contribution in [0.1, 0.15) is 30.9 Å². The van der Waals surface area contributed by atoms with Gasteiger partial charge < -0.3 is 15.1 Å². The van der Waals surface area contributed by atoms with Crippen molar-refractivity contribution in [2.24, 2.45) is 0 Å². The summed E-state index contributed by atoms with van der Waals surface area (Å²) in [5.41, 5.74) is 4.47. The monoisotopic (exact) mass is 385 g/mol. The number of hydrogen-bond acceptors (Lipinski definition) is 2. The van der Waals surface area contributed by atoms with E-state index in [0.717, 1.165) is 41.5 Å². The van der Waals surface area contributed by atoms with Crippen LogP contribution in [0.5, 0.6) is 0 Å². The molecule has 4 nitrogen and oxygen atoms in total. The summed E-state index contributed by atoms with van der Waals surface area (Å²) in [5, 5.41) is 3.82. The lowest BCUT2D eigenvalue weighted by Gasteiger charge is -2.36. The Hall–Kier alpha value is -2.20. The molecule has 1 N–H and O–H groups in total. The highest BCUT2D eigenvalue weighted by Crippen LogP contribution is 2.22. The van der Waals surface area contributed by atoms with Crippen molar-refractivity contribution in [2.45, 2.75) is 33.1 Å². The minimum absolute atomic E-state index is 0.0230. The summed E-state index contributed by atoms with van der Waals surface area (Å²) in [5.74, 6) is 0. The first-order valence-electron chi connectivity index (χ1n) is 9.73. The van der Waals surface area contributed by atoms with Crippen LogP contribution >= 0.6 is 11.6 Å². The molecule has 144 valence electrons. The highest BCUT2D eigenvalue weighted by molar-refractivity contribution is 6.30.